The fourth-order valence-corrected chi connectivity index (χ4v) is 3.05. The van der Waals surface area contributed by atoms with Crippen molar-refractivity contribution in [3.63, 3.8) is 0 Å². The van der Waals surface area contributed by atoms with Gasteiger partial charge in [-0.1, -0.05) is 31.0 Å². The topological polar surface area (TPSA) is 66.8 Å². The molecule has 1 heterocycles. The Morgan fingerprint density at radius 3 is 2.43 bits per heavy atom. The van der Waals surface area contributed by atoms with Crippen molar-refractivity contribution in [3.8, 4) is 0 Å². The average Bonchev–Trinajstić information content (AvgIpc) is 3.14. The Bertz CT molecular complexity index is 801. The molecule has 0 atom stereocenters. The van der Waals surface area contributed by atoms with Crippen LogP contribution in [0.1, 0.15) is 31.0 Å². The van der Waals surface area contributed by atoms with E-state index in [1.807, 2.05) is 61.1 Å². The molecule has 2 rings (SSSR count). The first-order valence-electron chi connectivity index (χ1n) is 10.4. The number of unbranched alkanes of at least 4 members (excludes halogenated alkanes) is 1. The van der Waals surface area contributed by atoms with Crippen molar-refractivity contribution in [1.82, 2.24) is 14.4 Å². The molecule has 0 saturated heterocycles. The molecule has 7 heteroatoms. The van der Waals surface area contributed by atoms with Crippen molar-refractivity contribution in [1.29, 1.82) is 0 Å². The van der Waals surface area contributed by atoms with E-state index in [4.69, 9.17) is 4.74 Å². The van der Waals surface area contributed by atoms with E-state index in [0.717, 1.165) is 29.8 Å². The highest BCUT2D eigenvalue weighted by Gasteiger charge is 2.22. The second kappa shape index (κ2) is 12.0. The van der Waals surface area contributed by atoms with E-state index in [0.29, 0.717) is 26.2 Å². The summed E-state index contributed by atoms with van der Waals surface area (Å²) in [6.45, 7) is 6.03. The Morgan fingerprint density at radius 1 is 1.10 bits per heavy atom. The highest BCUT2D eigenvalue weighted by atomic mass is 16.5. The summed E-state index contributed by atoms with van der Waals surface area (Å²) < 4.78 is 7.18. The second-order valence-corrected chi connectivity index (χ2v) is 7.49. The number of nitrogens with one attached hydrogen (secondary N) is 1. The number of anilines is 1. The molecule has 0 spiro atoms. The largest absolute Gasteiger partial charge is 0.383 e. The van der Waals surface area contributed by atoms with Crippen LogP contribution in [0, 0.1) is 6.92 Å². The molecule has 1 N–H and O–H groups in total. The van der Waals surface area contributed by atoms with Crippen molar-refractivity contribution in [2.45, 2.75) is 33.2 Å². The molecule has 0 fully saturated rings. The van der Waals surface area contributed by atoms with Gasteiger partial charge in [0.2, 0.25) is 5.91 Å². The maximum absolute atomic E-state index is 13.1. The van der Waals surface area contributed by atoms with E-state index in [1.54, 1.807) is 16.9 Å². The number of hydrogen-bond donors (Lipinski definition) is 1. The minimum Gasteiger partial charge on any atom is -0.383 e. The SMILES string of the molecule is CCCCN(CC(=O)N(CCOC)Cc1cccn1C)C(=O)Nc1ccc(C)cc1. The number of benzene rings is 1. The number of nitrogens with zero attached hydrogens (tertiary/aromatic N) is 3. The normalized spacial score (nSPS) is 10.7. The lowest BCUT2D eigenvalue weighted by molar-refractivity contribution is -0.133. The van der Waals surface area contributed by atoms with E-state index in [-0.39, 0.29) is 18.5 Å². The molecule has 164 valence electrons. The van der Waals surface area contributed by atoms with Gasteiger partial charge < -0.3 is 24.4 Å². The van der Waals surface area contributed by atoms with Gasteiger partial charge >= 0.3 is 6.03 Å². The van der Waals surface area contributed by atoms with Crippen LogP contribution in [-0.2, 0) is 23.1 Å². The molecule has 0 radical (unpaired) electrons. The molecule has 2 aromatic rings. The van der Waals surface area contributed by atoms with Gasteiger partial charge in [0.15, 0.2) is 0 Å². The van der Waals surface area contributed by atoms with Crippen LogP contribution in [0.5, 0.6) is 0 Å². The quantitative estimate of drug-likeness (QED) is 0.610. The predicted molar refractivity (Wildman–Crippen MR) is 119 cm³/mol. The average molecular weight is 415 g/mol. The van der Waals surface area contributed by atoms with Crippen LogP contribution < -0.4 is 5.32 Å². The minimum atomic E-state index is -0.258. The van der Waals surface area contributed by atoms with Crippen LogP contribution in [0.25, 0.3) is 0 Å². The number of amides is 3. The van der Waals surface area contributed by atoms with Crippen molar-refractivity contribution < 1.29 is 14.3 Å². The Balaban J connectivity index is 2.08. The van der Waals surface area contributed by atoms with E-state index in [9.17, 15) is 9.59 Å². The lowest BCUT2D eigenvalue weighted by atomic mass is 10.2. The molecule has 3 amide bonds. The number of aryl methyl sites for hydroxylation is 2. The molecule has 1 aromatic heterocycles. The van der Waals surface area contributed by atoms with Crippen molar-refractivity contribution in [2.24, 2.45) is 7.05 Å². The summed E-state index contributed by atoms with van der Waals surface area (Å²) in [7, 11) is 3.57. The Morgan fingerprint density at radius 2 is 1.83 bits per heavy atom. The van der Waals surface area contributed by atoms with Gasteiger partial charge in [0.25, 0.3) is 0 Å². The van der Waals surface area contributed by atoms with Crippen LogP contribution in [0.3, 0.4) is 0 Å². The molecule has 30 heavy (non-hydrogen) atoms. The number of urea groups is 1. The first kappa shape index (κ1) is 23.5. The Hall–Kier alpha value is -2.80. The van der Waals surface area contributed by atoms with Gasteiger partial charge in [-0.15, -0.1) is 0 Å². The summed E-state index contributed by atoms with van der Waals surface area (Å²) in [6, 6.07) is 11.3. The fourth-order valence-electron chi connectivity index (χ4n) is 3.05. The van der Waals surface area contributed by atoms with Gasteiger partial charge in [0.05, 0.1) is 13.2 Å². The summed E-state index contributed by atoms with van der Waals surface area (Å²) in [5, 5.41) is 2.91. The third-order valence-electron chi connectivity index (χ3n) is 5.02. The number of hydrogen-bond acceptors (Lipinski definition) is 3. The number of carbonyl (C=O) groups excluding carboxylic acids is 2. The maximum Gasteiger partial charge on any atom is 0.322 e. The third kappa shape index (κ3) is 7.22. The zero-order valence-corrected chi connectivity index (χ0v) is 18.6. The van der Waals surface area contributed by atoms with Crippen molar-refractivity contribution >= 4 is 17.6 Å². The van der Waals surface area contributed by atoms with Crippen molar-refractivity contribution in [2.75, 3.05) is 38.7 Å². The Kier molecular flexibility index (Phi) is 9.41. The predicted octanol–water partition coefficient (Wildman–Crippen LogP) is 3.64. The molecule has 0 saturated carbocycles. The molecule has 0 aliphatic heterocycles. The standard InChI is InChI=1S/C23H34N4O3/c1-5-6-14-27(23(29)24-20-11-9-19(2)10-12-20)18-22(28)26(15-16-30-4)17-21-8-7-13-25(21)3/h7-13H,5-6,14-18H2,1-4H3,(H,24,29). The van der Waals surface area contributed by atoms with Gasteiger partial charge in [-0.3, -0.25) is 4.79 Å². The maximum atomic E-state index is 13.1. The van der Waals surface area contributed by atoms with Crippen LogP contribution in [0.4, 0.5) is 10.5 Å². The monoisotopic (exact) mass is 414 g/mol. The molecule has 0 bridgehead atoms. The molecule has 0 unspecified atom stereocenters. The summed E-state index contributed by atoms with van der Waals surface area (Å²) in [5.74, 6) is -0.0941. The van der Waals surface area contributed by atoms with Crippen LogP contribution in [-0.4, -0.2) is 59.7 Å². The molecule has 7 nitrogen and oxygen atoms in total. The lowest BCUT2D eigenvalue weighted by Gasteiger charge is -2.28. The number of rotatable bonds is 11. The van der Waals surface area contributed by atoms with Crippen LogP contribution in [0.2, 0.25) is 0 Å². The number of carbonyl (C=O) groups is 2. The first-order valence-corrected chi connectivity index (χ1v) is 10.4. The summed E-state index contributed by atoms with van der Waals surface area (Å²) in [4.78, 5) is 29.3. The molecule has 0 aliphatic rings. The molecule has 0 aliphatic carbocycles. The van der Waals surface area contributed by atoms with Crippen molar-refractivity contribution in [3.05, 3.63) is 53.9 Å². The Labute approximate surface area is 179 Å². The summed E-state index contributed by atoms with van der Waals surface area (Å²) >= 11 is 0. The van der Waals surface area contributed by atoms with Crippen LogP contribution >= 0.6 is 0 Å². The minimum absolute atomic E-state index is 0.0336. The van der Waals surface area contributed by atoms with E-state index < -0.39 is 0 Å². The second-order valence-electron chi connectivity index (χ2n) is 7.49. The third-order valence-corrected chi connectivity index (χ3v) is 5.02. The number of methoxy groups -OCH3 is 1. The number of aromatic nitrogens is 1. The summed E-state index contributed by atoms with van der Waals surface area (Å²) in [6.07, 6.45) is 3.74. The van der Waals surface area contributed by atoms with E-state index in [2.05, 4.69) is 12.2 Å². The van der Waals surface area contributed by atoms with Gasteiger partial charge in [-0.2, -0.15) is 0 Å². The smallest absolute Gasteiger partial charge is 0.322 e. The summed E-state index contributed by atoms with van der Waals surface area (Å²) in [5.41, 5.74) is 2.88. The zero-order valence-electron chi connectivity index (χ0n) is 18.6. The van der Waals surface area contributed by atoms with Gasteiger partial charge in [0, 0.05) is 44.8 Å². The molecular formula is C23H34N4O3. The lowest BCUT2D eigenvalue weighted by Crippen LogP contribution is -2.45. The highest BCUT2D eigenvalue weighted by Crippen LogP contribution is 2.11. The zero-order chi connectivity index (χ0) is 21.9. The van der Waals surface area contributed by atoms with E-state index >= 15 is 0 Å². The highest BCUT2D eigenvalue weighted by molar-refractivity contribution is 5.92. The van der Waals surface area contributed by atoms with Gasteiger partial charge in [-0.05, 0) is 37.6 Å². The number of ether oxygens (including phenoxy) is 1. The molecule has 1 aromatic carbocycles. The van der Waals surface area contributed by atoms with Crippen LogP contribution in [0.15, 0.2) is 42.6 Å². The first-order chi connectivity index (χ1) is 14.4. The fraction of sp³-hybridized carbons (Fsp3) is 0.478. The van der Waals surface area contributed by atoms with Gasteiger partial charge in [-0.25, -0.2) is 4.79 Å². The van der Waals surface area contributed by atoms with E-state index in [1.165, 1.54) is 0 Å². The van der Waals surface area contributed by atoms with Gasteiger partial charge in [0.1, 0.15) is 6.54 Å². The molecular weight excluding hydrogens is 380 g/mol.